The molecule has 0 aliphatic rings. The highest BCUT2D eigenvalue weighted by Gasteiger charge is 2.11. The quantitative estimate of drug-likeness (QED) is 0.694. The maximum Gasteiger partial charge on any atom is 0.274 e. The molecule has 0 radical (unpaired) electrons. The van der Waals surface area contributed by atoms with Crippen LogP contribution in [0.2, 0.25) is 0 Å². The molecule has 3 aromatic rings. The van der Waals surface area contributed by atoms with E-state index >= 15 is 0 Å². The molecular formula is C18H15BrN4O. The zero-order chi connectivity index (χ0) is 16.9. The lowest BCUT2D eigenvalue weighted by atomic mass is 10.2. The lowest BCUT2D eigenvalue weighted by molar-refractivity contribution is 0.102. The molecule has 0 unspecified atom stereocenters. The molecule has 1 amide bonds. The van der Waals surface area contributed by atoms with Crippen LogP contribution in [0, 0.1) is 6.92 Å². The monoisotopic (exact) mass is 382 g/mol. The Labute approximate surface area is 148 Å². The number of halogens is 1. The van der Waals surface area contributed by atoms with E-state index in [-0.39, 0.29) is 11.6 Å². The third kappa shape index (κ3) is 3.97. The summed E-state index contributed by atoms with van der Waals surface area (Å²) in [6, 6.07) is 17.0. The summed E-state index contributed by atoms with van der Waals surface area (Å²) in [5, 5.41) is 5.98. The van der Waals surface area contributed by atoms with Gasteiger partial charge in [0.25, 0.3) is 5.91 Å². The van der Waals surface area contributed by atoms with E-state index in [1.807, 2.05) is 55.5 Å². The Morgan fingerprint density at radius 1 is 1.04 bits per heavy atom. The molecule has 0 fully saturated rings. The maximum atomic E-state index is 12.4. The van der Waals surface area contributed by atoms with E-state index in [1.54, 1.807) is 6.07 Å². The lowest BCUT2D eigenvalue weighted by Crippen LogP contribution is -2.14. The first-order valence-electron chi connectivity index (χ1n) is 7.33. The van der Waals surface area contributed by atoms with E-state index in [4.69, 9.17) is 0 Å². The van der Waals surface area contributed by atoms with Crippen molar-refractivity contribution in [2.45, 2.75) is 6.92 Å². The average Bonchev–Trinajstić information content (AvgIpc) is 2.58. The Morgan fingerprint density at radius 2 is 1.83 bits per heavy atom. The lowest BCUT2D eigenvalue weighted by Gasteiger charge is -2.09. The number of aromatic nitrogens is 2. The molecule has 120 valence electrons. The van der Waals surface area contributed by atoms with Crippen molar-refractivity contribution in [1.29, 1.82) is 0 Å². The molecule has 5 nitrogen and oxygen atoms in total. The molecule has 0 spiro atoms. The Morgan fingerprint density at radius 3 is 2.58 bits per heavy atom. The summed E-state index contributed by atoms with van der Waals surface area (Å²) >= 11 is 3.45. The molecule has 3 rings (SSSR count). The van der Waals surface area contributed by atoms with Crippen LogP contribution in [0.5, 0.6) is 0 Å². The van der Waals surface area contributed by atoms with E-state index in [0.29, 0.717) is 11.5 Å². The topological polar surface area (TPSA) is 66.9 Å². The predicted molar refractivity (Wildman–Crippen MR) is 98.6 cm³/mol. The number of nitrogens with zero attached hydrogens (tertiary/aromatic N) is 2. The fourth-order valence-corrected chi connectivity index (χ4v) is 2.72. The van der Waals surface area contributed by atoms with E-state index < -0.39 is 0 Å². The number of benzene rings is 2. The smallest absolute Gasteiger partial charge is 0.274 e. The maximum absolute atomic E-state index is 12.4. The predicted octanol–water partition coefficient (Wildman–Crippen LogP) is 4.54. The van der Waals surface area contributed by atoms with Crippen molar-refractivity contribution in [3.63, 3.8) is 0 Å². The van der Waals surface area contributed by atoms with Crippen LogP contribution in [-0.4, -0.2) is 15.9 Å². The molecular weight excluding hydrogens is 368 g/mol. The second kappa shape index (κ2) is 7.23. The van der Waals surface area contributed by atoms with Crippen molar-refractivity contribution >= 4 is 39.0 Å². The van der Waals surface area contributed by atoms with Gasteiger partial charge >= 0.3 is 0 Å². The number of hydrogen-bond donors (Lipinski definition) is 2. The molecule has 2 N–H and O–H groups in total. The van der Waals surface area contributed by atoms with Crippen LogP contribution in [0.3, 0.4) is 0 Å². The molecule has 0 aliphatic heterocycles. The van der Waals surface area contributed by atoms with Crippen LogP contribution >= 0.6 is 15.9 Å². The van der Waals surface area contributed by atoms with Gasteiger partial charge in [0.1, 0.15) is 17.8 Å². The summed E-state index contributed by atoms with van der Waals surface area (Å²) in [4.78, 5) is 20.6. The fourth-order valence-electron chi connectivity index (χ4n) is 2.13. The van der Waals surface area contributed by atoms with Crippen molar-refractivity contribution in [3.8, 4) is 0 Å². The van der Waals surface area contributed by atoms with Crippen LogP contribution < -0.4 is 10.6 Å². The Kier molecular flexibility index (Phi) is 4.86. The van der Waals surface area contributed by atoms with Crippen LogP contribution in [-0.2, 0) is 0 Å². The molecule has 0 saturated carbocycles. The van der Waals surface area contributed by atoms with Crippen molar-refractivity contribution < 1.29 is 4.79 Å². The van der Waals surface area contributed by atoms with Gasteiger partial charge in [-0.05, 0) is 52.7 Å². The first-order chi connectivity index (χ1) is 11.6. The minimum absolute atomic E-state index is 0.288. The second-order valence-corrected chi connectivity index (χ2v) is 6.07. The van der Waals surface area contributed by atoms with Gasteiger partial charge in [-0.1, -0.05) is 24.3 Å². The van der Waals surface area contributed by atoms with E-state index in [1.165, 1.54) is 6.33 Å². The highest BCUT2D eigenvalue weighted by atomic mass is 79.9. The standard InChI is InChI=1S/C18H15BrN4O/c1-12-7-8-15(14(19)9-12)23-18(24)16-10-17(21-11-20-16)22-13-5-3-2-4-6-13/h2-11H,1H3,(H,23,24)(H,20,21,22). The number of carbonyl (C=O) groups is 1. The number of aryl methyl sites for hydroxylation is 1. The molecule has 6 heteroatoms. The summed E-state index contributed by atoms with van der Waals surface area (Å²) < 4.78 is 0.826. The number of amides is 1. The molecule has 1 aromatic heterocycles. The number of hydrogen-bond acceptors (Lipinski definition) is 4. The van der Waals surface area contributed by atoms with Gasteiger partial charge in [0, 0.05) is 16.2 Å². The zero-order valence-corrected chi connectivity index (χ0v) is 14.5. The fraction of sp³-hybridized carbons (Fsp3) is 0.0556. The molecule has 0 aliphatic carbocycles. The van der Waals surface area contributed by atoms with Gasteiger partial charge in [0.15, 0.2) is 0 Å². The van der Waals surface area contributed by atoms with Crippen molar-refractivity contribution in [1.82, 2.24) is 9.97 Å². The largest absolute Gasteiger partial charge is 0.340 e. The number of anilines is 3. The van der Waals surface area contributed by atoms with Gasteiger partial charge in [-0.25, -0.2) is 9.97 Å². The summed E-state index contributed by atoms with van der Waals surface area (Å²) in [5.74, 6) is 0.266. The summed E-state index contributed by atoms with van der Waals surface area (Å²) in [6.45, 7) is 1.99. The van der Waals surface area contributed by atoms with Gasteiger partial charge in [0.2, 0.25) is 0 Å². The van der Waals surface area contributed by atoms with Gasteiger partial charge < -0.3 is 10.6 Å². The van der Waals surface area contributed by atoms with Crippen molar-refractivity contribution in [3.05, 3.63) is 76.7 Å². The molecule has 24 heavy (non-hydrogen) atoms. The molecule has 0 bridgehead atoms. The normalized spacial score (nSPS) is 10.2. The summed E-state index contributed by atoms with van der Waals surface area (Å²) in [6.07, 6.45) is 1.37. The van der Waals surface area contributed by atoms with Crippen LogP contribution in [0.1, 0.15) is 16.1 Å². The highest BCUT2D eigenvalue weighted by molar-refractivity contribution is 9.10. The van der Waals surface area contributed by atoms with E-state index in [0.717, 1.165) is 15.7 Å². The van der Waals surface area contributed by atoms with Crippen LogP contribution in [0.15, 0.2) is 65.4 Å². The summed E-state index contributed by atoms with van der Waals surface area (Å²) in [7, 11) is 0. The molecule has 1 heterocycles. The van der Waals surface area contributed by atoms with Gasteiger partial charge in [-0.2, -0.15) is 0 Å². The van der Waals surface area contributed by atoms with E-state index in [9.17, 15) is 4.79 Å². The Balaban J connectivity index is 1.77. The average molecular weight is 383 g/mol. The zero-order valence-electron chi connectivity index (χ0n) is 13.0. The number of para-hydroxylation sites is 1. The Bertz CT molecular complexity index is 868. The third-order valence-corrected chi connectivity index (χ3v) is 3.97. The van der Waals surface area contributed by atoms with Crippen molar-refractivity contribution in [2.24, 2.45) is 0 Å². The van der Waals surface area contributed by atoms with Gasteiger partial charge in [0.05, 0.1) is 5.69 Å². The minimum Gasteiger partial charge on any atom is -0.340 e. The van der Waals surface area contributed by atoms with Crippen LogP contribution in [0.4, 0.5) is 17.2 Å². The molecule has 0 saturated heterocycles. The Hall–Kier alpha value is -2.73. The van der Waals surface area contributed by atoms with Crippen LogP contribution in [0.25, 0.3) is 0 Å². The van der Waals surface area contributed by atoms with E-state index in [2.05, 4.69) is 36.5 Å². The van der Waals surface area contributed by atoms with Crippen molar-refractivity contribution in [2.75, 3.05) is 10.6 Å². The minimum atomic E-state index is -0.293. The van der Waals surface area contributed by atoms with Gasteiger partial charge in [-0.15, -0.1) is 0 Å². The summed E-state index contributed by atoms with van der Waals surface area (Å²) in [5.41, 5.74) is 2.98. The number of rotatable bonds is 4. The number of carbonyl (C=O) groups excluding carboxylic acids is 1. The SMILES string of the molecule is Cc1ccc(NC(=O)c2cc(Nc3ccccc3)ncn2)c(Br)c1. The molecule has 0 atom stereocenters. The third-order valence-electron chi connectivity index (χ3n) is 3.32. The van der Waals surface area contributed by atoms with Gasteiger partial charge in [-0.3, -0.25) is 4.79 Å². The second-order valence-electron chi connectivity index (χ2n) is 5.22. The molecule has 2 aromatic carbocycles. The number of nitrogens with one attached hydrogen (secondary N) is 2. The first-order valence-corrected chi connectivity index (χ1v) is 8.13. The highest BCUT2D eigenvalue weighted by Crippen LogP contribution is 2.24. The first kappa shape index (κ1) is 16.1.